The first kappa shape index (κ1) is 19.1. The summed E-state index contributed by atoms with van der Waals surface area (Å²) in [5.41, 5.74) is 4.61. The summed E-state index contributed by atoms with van der Waals surface area (Å²) in [5, 5.41) is 7.43. The molecule has 3 rings (SSSR count). The fraction of sp³-hybridized carbons (Fsp3) is 0.476. The van der Waals surface area contributed by atoms with Gasteiger partial charge in [-0.1, -0.05) is 31.5 Å². The van der Waals surface area contributed by atoms with Gasteiger partial charge in [-0.05, 0) is 50.7 Å². The molecule has 2 aromatic rings. The van der Waals surface area contributed by atoms with Crippen molar-refractivity contribution >= 4 is 11.9 Å². The molecule has 1 N–H and O–H groups in total. The molecule has 1 unspecified atom stereocenters. The Morgan fingerprint density at radius 2 is 1.93 bits per heavy atom. The third kappa shape index (κ3) is 4.04. The number of nitrogens with one attached hydrogen (secondary N) is 1. The van der Waals surface area contributed by atoms with Gasteiger partial charge in [0, 0.05) is 11.3 Å². The Hall–Kier alpha value is -2.63. The lowest BCUT2D eigenvalue weighted by molar-refractivity contribution is -0.143. The maximum Gasteiger partial charge on any atom is 0.328 e. The number of ether oxygens (including phenoxy) is 1. The molecular formula is C21H27N3O3. The molecule has 0 saturated carbocycles. The van der Waals surface area contributed by atoms with Crippen LogP contribution in [0.15, 0.2) is 24.3 Å². The first-order chi connectivity index (χ1) is 12.9. The molecule has 1 aromatic heterocycles. The molecule has 27 heavy (non-hydrogen) atoms. The summed E-state index contributed by atoms with van der Waals surface area (Å²) in [5.74, 6) is -0.480. The summed E-state index contributed by atoms with van der Waals surface area (Å²) in [6.45, 7) is 6.05. The average Bonchev–Trinajstić information content (AvgIpc) is 3.23. The van der Waals surface area contributed by atoms with E-state index in [-0.39, 0.29) is 11.8 Å². The van der Waals surface area contributed by atoms with E-state index in [0.717, 1.165) is 36.2 Å². The molecule has 1 aliphatic carbocycles. The number of benzene rings is 1. The van der Waals surface area contributed by atoms with Crippen molar-refractivity contribution in [2.75, 3.05) is 7.11 Å². The van der Waals surface area contributed by atoms with E-state index in [2.05, 4.69) is 10.4 Å². The molecule has 1 amide bonds. The zero-order valence-corrected chi connectivity index (χ0v) is 16.4. The fourth-order valence-electron chi connectivity index (χ4n) is 3.57. The van der Waals surface area contributed by atoms with E-state index < -0.39 is 12.0 Å². The molecular weight excluding hydrogens is 342 g/mol. The van der Waals surface area contributed by atoms with Gasteiger partial charge >= 0.3 is 5.97 Å². The van der Waals surface area contributed by atoms with Crippen LogP contribution >= 0.6 is 0 Å². The molecule has 0 fully saturated rings. The number of amides is 1. The smallest absolute Gasteiger partial charge is 0.328 e. The van der Waals surface area contributed by atoms with Crippen LogP contribution in [0.5, 0.6) is 0 Å². The lowest BCUT2D eigenvalue weighted by Crippen LogP contribution is -2.42. The zero-order chi connectivity index (χ0) is 19.6. The van der Waals surface area contributed by atoms with Gasteiger partial charge in [0.25, 0.3) is 5.91 Å². The zero-order valence-electron chi connectivity index (χ0n) is 16.4. The van der Waals surface area contributed by atoms with Crippen molar-refractivity contribution < 1.29 is 14.3 Å². The topological polar surface area (TPSA) is 73.2 Å². The average molecular weight is 369 g/mol. The monoisotopic (exact) mass is 369 g/mol. The molecule has 1 heterocycles. The highest BCUT2D eigenvalue weighted by atomic mass is 16.5. The van der Waals surface area contributed by atoms with Crippen LogP contribution in [0.1, 0.15) is 54.0 Å². The molecule has 6 heteroatoms. The number of carbonyl (C=O) groups excluding carboxylic acids is 2. The summed E-state index contributed by atoms with van der Waals surface area (Å²) in [7, 11) is 1.34. The van der Waals surface area contributed by atoms with Gasteiger partial charge in [0.1, 0.15) is 6.04 Å². The van der Waals surface area contributed by atoms with Crippen molar-refractivity contribution in [2.24, 2.45) is 5.92 Å². The number of aromatic nitrogens is 2. The summed E-state index contributed by atoms with van der Waals surface area (Å²) < 4.78 is 6.72. The minimum Gasteiger partial charge on any atom is -0.467 e. The Morgan fingerprint density at radius 1 is 1.22 bits per heavy atom. The van der Waals surface area contributed by atoms with E-state index in [1.165, 1.54) is 12.7 Å². The molecule has 0 aliphatic heterocycles. The Bertz CT molecular complexity index is 837. The molecule has 1 atom stereocenters. The van der Waals surface area contributed by atoms with Gasteiger partial charge in [-0.2, -0.15) is 5.10 Å². The number of esters is 1. The van der Waals surface area contributed by atoms with E-state index in [9.17, 15) is 9.59 Å². The van der Waals surface area contributed by atoms with Crippen LogP contribution in [0.25, 0.3) is 5.69 Å². The summed E-state index contributed by atoms with van der Waals surface area (Å²) >= 11 is 0. The summed E-state index contributed by atoms with van der Waals surface area (Å²) in [4.78, 5) is 25.0. The summed E-state index contributed by atoms with van der Waals surface area (Å²) in [6.07, 6.45) is 3.26. The van der Waals surface area contributed by atoms with Crippen LogP contribution in [0.4, 0.5) is 0 Å². The minimum absolute atomic E-state index is 0.255. The first-order valence-corrected chi connectivity index (χ1v) is 9.47. The lowest BCUT2D eigenvalue weighted by Gasteiger charge is -2.18. The number of carbonyl (C=O) groups is 2. The van der Waals surface area contributed by atoms with Crippen molar-refractivity contribution in [1.82, 2.24) is 15.1 Å². The standard InChI is InChI=1S/C21H27N3O3/c1-13(2)12-17(21(26)27-4)22-20(25)19-16-6-5-7-18(16)24(23-19)15-10-8-14(3)9-11-15/h8-11,13,17H,5-7,12H2,1-4H3,(H,22,25). The highest BCUT2D eigenvalue weighted by Crippen LogP contribution is 2.28. The fourth-order valence-corrected chi connectivity index (χ4v) is 3.57. The van der Waals surface area contributed by atoms with Crippen LogP contribution < -0.4 is 5.32 Å². The molecule has 0 radical (unpaired) electrons. The SMILES string of the molecule is COC(=O)C(CC(C)C)NC(=O)c1nn(-c2ccc(C)cc2)c2c1CCC2. The summed E-state index contributed by atoms with van der Waals surface area (Å²) in [6, 6.07) is 7.43. The maximum absolute atomic E-state index is 12.9. The molecule has 0 saturated heterocycles. The van der Waals surface area contributed by atoms with Gasteiger partial charge in [0.15, 0.2) is 5.69 Å². The number of fused-ring (bicyclic) bond motifs is 1. The number of hydrogen-bond acceptors (Lipinski definition) is 4. The quantitative estimate of drug-likeness (QED) is 0.795. The van der Waals surface area contributed by atoms with Crippen LogP contribution in [0.2, 0.25) is 0 Å². The van der Waals surface area contributed by atoms with E-state index in [1.807, 2.05) is 49.7 Å². The molecule has 0 spiro atoms. The second-order valence-electron chi connectivity index (χ2n) is 7.55. The predicted octanol–water partition coefficient (Wildman–Crippen LogP) is 2.99. The van der Waals surface area contributed by atoms with Crippen LogP contribution in [-0.4, -0.2) is 34.8 Å². The van der Waals surface area contributed by atoms with E-state index in [1.54, 1.807) is 0 Å². The molecule has 6 nitrogen and oxygen atoms in total. The van der Waals surface area contributed by atoms with Crippen molar-refractivity contribution in [1.29, 1.82) is 0 Å². The minimum atomic E-state index is -0.663. The van der Waals surface area contributed by atoms with Gasteiger partial charge < -0.3 is 10.1 Å². The largest absolute Gasteiger partial charge is 0.467 e. The second-order valence-corrected chi connectivity index (χ2v) is 7.55. The molecule has 144 valence electrons. The number of rotatable bonds is 6. The normalized spacial score (nSPS) is 14.1. The maximum atomic E-state index is 12.9. The number of methoxy groups -OCH3 is 1. The third-order valence-corrected chi connectivity index (χ3v) is 4.92. The van der Waals surface area contributed by atoms with Crippen molar-refractivity contribution in [3.8, 4) is 5.69 Å². The Kier molecular flexibility index (Phi) is 5.63. The highest BCUT2D eigenvalue weighted by molar-refractivity contribution is 5.96. The Labute approximate surface area is 159 Å². The van der Waals surface area contributed by atoms with Crippen LogP contribution in [0.3, 0.4) is 0 Å². The van der Waals surface area contributed by atoms with Crippen LogP contribution in [0, 0.1) is 12.8 Å². The van der Waals surface area contributed by atoms with Gasteiger partial charge in [-0.25, -0.2) is 9.48 Å². The van der Waals surface area contributed by atoms with E-state index >= 15 is 0 Å². The van der Waals surface area contributed by atoms with Crippen LogP contribution in [-0.2, 0) is 22.4 Å². The lowest BCUT2D eigenvalue weighted by atomic mass is 10.0. The highest BCUT2D eigenvalue weighted by Gasteiger charge is 2.30. The van der Waals surface area contributed by atoms with Gasteiger partial charge in [0.05, 0.1) is 12.8 Å². The Balaban J connectivity index is 1.90. The van der Waals surface area contributed by atoms with Gasteiger partial charge in [-0.3, -0.25) is 4.79 Å². The van der Waals surface area contributed by atoms with Crippen molar-refractivity contribution in [2.45, 2.75) is 52.5 Å². The number of aryl methyl sites for hydroxylation is 1. The molecule has 1 aliphatic rings. The number of nitrogens with zero attached hydrogens (tertiary/aromatic N) is 2. The second kappa shape index (κ2) is 7.94. The predicted molar refractivity (Wildman–Crippen MR) is 103 cm³/mol. The van der Waals surface area contributed by atoms with Crippen molar-refractivity contribution in [3.63, 3.8) is 0 Å². The van der Waals surface area contributed by atoms with Gasteiger partial charge in [0.2, 0.25) is 0 Å². The molecule has 0 bridgehead atoms. The third-order valence-electron chi connectivity index (χ3n) is 4.92. The Morgan fingerprint density at radius 3 is 2.56 bits per heavy atom. The van der Waals surface area contributed by atoms with Gasteiger partial charge in [-0.15, -0.1) is 0 Å². The first-order valence-electron chi connectivity index (χ1n) is 9.47. The van der Waals surface area contributed by atoms with E-state index in [0.29, 0.717) is 12.1 Å². The van der Waals surface area contributed by atoms with E-state index in [4.69, 9.17) is 4.74 Å². The molecule has 1 aromatic carbocycles. The number of hydrogen-bond donors (Lipinski definition) is 1. The van der Waals surface area contributed by atoms with Crippen molar-refractivity contribution in [3.05, 3.63) is 46.8 Å².